The summed E-state index contributed by atoms with van der Waals surface area (Å²) in [5.41, 5.74) is 0. The molecule has 0 amide bonds. The van der Waals surface area contributed by atoms with Crippen LogP contribution in [0.4, 0.5) is 0 Å². The van der Waals surface area contributed by atoms with Crippen LogP contribution in [0, 0.1) is 0 Å². The van der Waals surface area contributed by atoms with Crippen molar-refractivity contribution in [2.24, 2.45) is 0 Å². The van der Waals surface area contributed by atoms with E-state index >= 15 is 0 Å². The summed E-state index contributed by atoms with van der Waals surface area (Å²) in [6.07, 6.45) is 1.56. The van der Waals surface area contributed by atoms with Gasteiger partial charge < -0.3 is 4.52 Å². The first-order valence-electron chi connectivity index (χ1n) is 3.20. The van der Waals surface area contributed by atoms with Gasteiger partial charge in [-0.25, -0.2) is 0 Å². The van der Waals surface area contributed by atoms with Crippen LogP contribution in [-0.2, 0) is 0 Å². The molecule has 0 saturated carbocycles. The molecular formula is C7H10N2O. The maximum absolute atomic E-state index is 4.88. The largest absolute Gasteiger partial charge is 0.339 e. The smallest absolute Gasteiger partial charge is 0.229 e. The lowest BCUT2D eigenvalue weighted by Crippen LogP contribution is -1.85. The molecule has 0 spiro atoms. The number of hydrogen-bond donors (Lipinski definition) is 0. The third kappa shape index (κ3) is 1.23. The average molecular weight is 138 g/mol. The third-order valence-electron chi connectivity index (χ3n) is 1.13. The van der Waals surface area contributed by atoms with E-state index in [-0.39, 0.29) is 0 Å². The van der Waals surface area contributed by atoms with Gasteiger partial charge in [-0.15, -0.1) is 0 Å². The average Bonchev–Trinajstić information content (AvgIpc) is 2.34. The van der Waals surface area contributed by atoms with Crippen LogP contribution in [0.2, 0.25) is 0 Å². The van der Waals surface area contributed by atoms with Gasteiger partial charge in [-0.3, -0.25) is 0 Å². The highest BCUT2D eigenvalue weighted by Gasteiger charge is 2.06. The van der Waals surface area contributed by atoms with Gasteiger partial charge in [0.2, 0.25) is 5.89 Å². The van der Waals surface area contributed by atoms with Crippen LogP contribution in [0.15, 0.2) is 11.1 Å². The van der Waals surface area contributed by atoms with E-state index in [1.807, 2.05) is 13.8 Å². The summed E-state index contributed by atoms with van der Waals surface area (Å²) in [5.74, 6) is 1.51. The Bertz CT molecular complexity index is 227. The molecule has 0 aromatic carbocycles. The summed E-state index contributed by atoms with van der Waals surface area (Å²) in [7, 11) is 0. The highest BCUT2D eigenvalue weighted by atomic mass is 16.5. The van der Waals surface area contributed by atoms with Gasteiger partial charge in [0.25, 0.3) is 0 Å². The molecule has 54 valence electrons. The molecule has 0 fully saturated rings. The molecule has 3 nitrogen and oxygen atoms in total. The Hall–Kier alpha value is -1.12. The topological polar surface area (TPSA) is 38.9 Å². The van der Waals surface area contributed by atoms with E-state index in [1.165, 1.54) is 0 Å². The van der Waals surface area contributed by atoms with Crippen LogP contribution in [0.1, 0.15) is 31.5 Å². The zero-order valence-electron chi connectivity index (χ0n) is 6.16. The summed E-state index contributed by atoms with van der Waals surface area (Å²) in [6, 6.07) is 0. The lowest BCUT2D eigenvalue weighted by Gasteiger charge is -1.91. The minimum Gasteiger partial charge on any atom is -0.339 e. The van der Waals surface area contributed by atoms with Crippen molar-refractivity contribution in [3.05, 3.63) is 18.3 Å². The van der Waals surface area contributed by atoms with Crippen LogP contribution < -0.4 is 0 Å². The zero-order chi connectivity index (χ0) is 7.56. The molecule has 3 heteroatoms. The predicted octanol–water partition coefficient (Wildman–Crippen LogP) is 1.84. The minimum atomic E-state index is 0.293. The predicted molar refractivity (Wildman–Crippen MR) is 38.5 cm³/mol. The van der Waals surface area contributed by atoms with Crippen LogP contribution in [-0.4, -0.2) is 10.1 Å². The molecule has 0 atom stereocenters. The maximum Gasteiger partial charge on any atom is 0.229 e. The van der Waals surface area contributed by atoms with Crippen molar-refractivity contribution in [2.45, 2.75) is 19.8 Å². The molecule has 0 saturated heterocycles. The fourth-order valence-electron chi connectivity index (χ4n) is 0.565. The molecule has 10 heavy (non-hydrogen) atoms. The van der Waals surface area contributed by atoms with E-state index < -0.39 is 0 Å². The Morgan fingerprint density at radius 3 is 2.60 bits per heavy atom. The molecule has 0 unspecified atom stereocenters. The van der Waals surface area contributed by atoms with Crippen LogP contribution >= 0.6 is 0 Å². The fourth-order valence-corrected chi connectivity index (χ4v) is 0.565. The van der Waals surface area contributed by atoms with Gasteiger partial charge in [0.1, 0.15) is 0 Å². The first kappa shape index (κ1) is 6.99. The lowest BCUT2D eigenvalue weighted by molar-refractivity contribution is 0.364. The van der Waals surface area contributed by atoms with E-state index in [1.54, 1.807) is 6.08 Å². The van der Waals surface area contributed by atoms with Crippen molar-refractivity contribution in [3.8, 4) is 0 Å². The van der Waals surface area contributed by atoms with Gasteiger partial charge in [0.05, 0.1) is 0 Å². The molecule has 1 aromatic heterocycles. The number of rotatable bonds is 2. The normalized spacial score (nSPS) is 10.3. The molecule has 0 aliphatic heterocycles. The summed E-state index contributed by atoms with van der Waals surface area (Å²) in [6.45, 7) is 7.52. The lowest BCUT2D eigenvalue weighted by atomic mass is 10.2. The molecule has 0 aliphatic carbocycles. The Morgan fingerprint density at radius 1 is 1.60 bits per heavy atom. The van der Waals surface area contributed by atoms with E-state index in [9.17, 15) is 0 Å². The highest BCUT2D eigenvalue weighted by molar-refractivity contribution is 5.34. The quantitative estimate of drug-likeness (QED) is 0.625. The van der Waals surface area contributed by atoms with Crippen molar-refractivity contribution >= 4 is 6.08 Å². The summed E-state index contributed by atoms with van der Waals surface area (Å²) in [5, 5.41) is 3.65. The van der Waals surface area contributed by atoms with Gasteiger partial charge in [-0.1, -0.05) is 25.6 Å². The molecule has 0 N–H and O–H groups in total. The number of aromatic nitrogens is 2. The maximum atomic E-state index is 4.88. The summed E-state index contributed by atoms with van der Waals surface area (Å²) in [4.78, 5) is 4.03. The molecule has 1 rings (SSSR count). The van der Waals surface area contributed by atoms with Gasteiger partial charge >= 0.3 is 0 Å². The monoisotopic (exact) mass is 138 g/mol. The standard InChI is InChI=1S/C7H10N2O/c1-4-6-8-7(5(2)3)10-9-6/h4-5H,1H2,2-3H3. The van der Waals surface area contributed by atoms with Crippen molar-refractivity contribution < 1.29 is 4.52 Å². The Morgan fingerprint density at radius 2 is 2.30 bits per heavy atom. The second-order valence-corrected chi connectivity index (χ2v) is 2.35. The van der Waals surface area contributed by atoms with Crippen LogP contribution in [0.25, 0.3) is 6.08 Å². The van der Waals surface area contributed by atoms with Crippen LogP contribution in [0.3, 0.4) is 0 Å². The van der Waals surface area contributed by atoms with Crippen molar-refractivity contribution in [1.29, 1.82) is 0 Å². The van der Waals surface area contributed by atoms with E-state index in [0.29, 0.717) is 17.6 Å². The van der Waals surface area contributed by atoms with E-state index in [0.717, 1.165) is 0 Å². The summed E-state index contributed by atoms with van der Waals surface area (Å²) >= 11 is 0. The third-order valence-corrected chi connectivity index (χ3v) is 1.13. The summed E-state index contributed by atoms with van der Waals surface area (Å²) < 4.78 is 4.88. The fraction of sp³-hybridized carbons (Fsp3) is 0.429. The van der Waals surface area contributed by atoms with E-state index in [2.05, 4.69) is 16.7 Å². The first-order valence-corrected chi connectivity index (χ1v) is 3.20. The first-order chi connectivity index (χ1) is 4.74. The molecule has 0 aliphatic rings. The molecule has 0 bridgehead atoms. The second-order valence-electron chi connectivity index (χ2n) is 2.35. The van der Waals surface area contributed by atoms with Crippen molar-refractivity contribution in [3.63, 3.8) is 0 Å². The van der Waals surface area contributed by atoms with Gasteiger partial charge in [0.15, 0.2) is 5.82 Å². The van der Waals surface area contributed by atoms with Crippen molar-refractivity contribution in [2.75, 3.05) is 0 Å². The van der Waals surface area contributed by atoms with E-state index in [4.69, 9.17) is 4.52 Å². The number of nitrogens with zero attached hydrogens (tertiary/aromatic N) is 2. The number of hydrogen-bond acceptors (Lipinski definition) is 3. The highest BCUT2D eigenvalue weighted by Crippen LogP contribution is 2.10. The Kier molecular flexibility index (Phi) is 1.85. The van der Waals surface area contributed by atoms with Gasteiger partial charge in [-0.2, -0.15) is 4.98 Å². The van der Waals surface area contributed by atoms with Gasteiger partial charge in [-0.05, 0) is 6.08 Å². The molecule has 1 heterocycles. The van der Waals surface area contributed by atoms with Crippen LogP contribution in [0.5, 0.6) is 0 Å². The Balaban J connectivity index is 2.88. The van der Waals surface area contributed by atoms with Crippen molar-refractivity contribution in [1.82, 2.24) is 10.1 Å². The second kappa shape index (κ2) is 2.64. The zero-order valence-corrected chi connectivity index (χ0v) is 6.16. The molecule has 0 radical (unpaired) electrons. The molecular weight excluding hydrogens is 128 g/mol. The molecule has 1 aromatic rings. The SMILES string of the molecule is C=Cc1noc(C(C)C)n1. The Labute approximate surface area is 59.8 Å². The minimum absolute atomic E-state index is 0.293. The van der Waals surface area contributed by atoms with Gasteiger partial charge in [0, 0.05) is 5.92 Å².